The van der Waals surface area contributed by atoms with E-state index in [1.54, 1.807) is 23.1 Å². The maximum Gasteiger partial charge on any atom is 0.226 e. The van der Waals surface area contributed by atoms with Crippen molar-refractivity contribution in [2.75, 3.05) is 5.75 Å². The monoisotopic (exact) mass is 342 g/mol. The lowest BCUT2D eigenvalue weighted by Crippen LogP contribution is -2.24. The molecule has 0 fully saturated rings. The molecule has 1 amide bonds. The number of rotatable bonds is 7. The zero-order valence-corrected chi connectivity index (χ0v) is 14.7. The van der Waals surface area contributed by atoms with Crippen LogP contribution in [-0.2, 0) is 17.8 Å². The van der Waals surface area contributed by atoms with E-state index in [1.165, 1.54) is 11.5 Å². The molecule has 0 bridgehead atoms. The first-order chi connectivity index (χ1) is 10.1. The quantitative estimate of drug-likeness (QED) is 0.783. The van der Waals surface area contributed by atoms with Crippen LogP contribution in [0.25, 0.3) is 0 Å². The van der Waals surface area contributed by atoms with E-state index in [9.17, 15) is 4.79 Å². The van der Waals surface area contributed by atoms with Gasteiger partial charge >= 0.3 is 0 Å². The highest BCUT2D eigenvalue weighted by Crippen LogP contribution is 2.22. The highest BCUT2D eigenvalue weighted by molar-refractivity contribution is 8.00. The number of carbonyl (C=O) groups is 1. The second-order valence-electron chi connectivity index (χ2n) is 4.73. The number of aromatic nitrogens is 3. The van der Waals surface area contributed by atoms with Crippen molar-refractivity contribution in [2.24, 2.45) is 0 Å². The zero-order chi connectivity index (χ0) is 15.2. The molecular formula is C13H18N4OS3. The van der Waals surface area contributed by atoms with Crippen molar-refractivity contribution in [2.45, 2.75) is 44.0 Å². The molecule has 2 heterocycles. The number of hydrogen-bond donors (Lipinski definition) is 1. The van der Waals surface area contributed by atoms with Gasteiger partial charge in [0.25, 0.3) is 0 Å². The van der Waals surface area contributed by atoms with E-state index in [0.29, 0.717) is 18.9 Å². The van der Waals surface area contributed by atoms with Crippen molar-refractivity contribution in [3.05, 3.63) is 21.6 Å². The van der Waals surface area contributed by atoms with Crippen molar-refractivity contribution in [1.82, 2.24) is 19.9 Å². The number of nitrogens with one attached hydrogen (secondary N) is 1. The average molecular weight is 343 g/mol. The van der Waals surface area contributed by atoms with Gasteiger partial charge in [0.05, 0.1) is 29.2 Å². The lowest BCUT2D eigenvalue weighted by atomic mass is 10.1. The van der Waals surface area contributed by atoms with Crippen molar-refractivity contribution in [3.8, 4) is 0 Å². The summed E-state index contributed by atoms with van der Waals surface area (Å²) in [5.41, 5.74) is 1.80. The SMILES string of the molecule is CCSc1nc(CC(=O)NCc2snnc2C(C)C)cs1. The molecular weight excluding hydrogens is 324 g/mol. The second-order valence-corrected chi connectivity index (χ2v) is 7.94. The van der Waals surface area contributed by atoms with E-state index in [2.05, 4.69) is 40.7 Å². The van der Waals surface area contributed by atoms with Crippen molar-refractivity contribution >= 4 is 40.5 Å². The minimum atomic E-state index is -0.0172. The summed E-state index contributed by atoms with van der Waals surface area (Å²) in [6.07, 6.45) is 0.323. The smallest absolute Gasteiger partial charge is 0.226 e. The van der Waals surface area contributed by atoms with Gasteiger partial charge in [-0.3, -0.25) is 4.79 Å². The number of thiazole rings is 1. The van der Waals surface area contributed by atoms with Gasteiger partial charge in [-0.05, 0) is 23.2 Å². The van der Waals surface area contributed by atoms with Gasteiger partial charge < -0.3 is 5.32 Å². The molecule has 0 saturated heterocycles. The van der Waals surface area contributed by atoms with Crippen molar-refractivity contribution < 1.29 is 4.79 Å². The molecule has 0 unspecified atom stereocenters. The summed E-state index contributed by atoms with van der Waals surface area (Å²) in [4.78, 5) is 17.4. The van der Waals surface area contributed by atoms with Crippen LogP contribution in [0.2, 0.25) is 0 Å². The highest BCUT2D eigenvalue weighted by atomic mass is 32.2. The van der Waals surface area contributed by atoms with Crippen LogP contribution in [-0.4, -0.2) is 26.2 Å². The maximum atomic E-state index is 12.0. The Morgan fingerprint density at radius 3 is 3.00 bits per heavy atom. The summed E-state index contributed by atoms with van der Waals surface area (Å²) >= 11 is 4.64. The van der Waals surface area contributed by atoms with Gasteiger partial charge in [-0.15, -0.1) is 16.4 Å². The van der Waals surface area contributed by atoms with Gasteiger partial charge in [0.15, 0.2) is 0 Å². The van der Waals surface area contributed by atoms with Gasteiger partial charge in [-0.25, -0.2) is 4.98 Å². The summed E-state index contributed by atoms with van der Waals surface area (Å²) in [5, 5.41) is 8.97. The van der Waals surface area contributed by atoms with E-state index >= 15 is 0 Å². The van der Waals surface area contributed by atoms with Gasteiger partial charge in [0, 0.05) is 5.38 Å². The fourth-order valence-corrected chi connectivity index (χ4v) is 4.22. The third-order valence-corrected chi connectivity index (χ3v) is 5.41. The molecule has 2 aromatic heterocycles. The minimum Gasteiger partial charge on any atom is -0.351 e. The fourth-order valence-electron chi connectivity index (χ4n) is 1.74. The number of carbonyl (C=O) groups excluding carboxylic acids is 1. The second kappa shape index (κ2) is 7.86. The first-order valence-electron chi connectivity index (χ1n) is 6.75. The third-order valence-electron chi connectivity index (χ3n) is 2.72. The molecule has 0 aliphatic carbocycles. The Labute approximate surface area is 136 Å². The predicted octanol–water partition coefficient (Wildman–Crippen LogP) is 3.09. The topological polar surface area (TPSA) is 67.8 Å². The molecule has 0 atom stereocenters. The van der Waals surface area contributed by atoms with Crippen LogP contribution in [0, 0.1) is 0 Å². The standard InChI is InChI=1S/C13H18N4OS3/c1-4-19-13-15-9(7-20-13)5-11(18)14-6-10-12(8(2)3)16-17-21-10/h7-8H,4-6H2,1-3H3,(H,14,18). The molecule has 1 N–H and O–H groups in total. The van der Waals surface area contributed by atoms with E-state index in [4.69, 9.17) is 0 Å². The number of nitrogens with zero attached hydrogens (tertiary/aromatic N) is 3. The lowest BCUT2D eigenvalue weighted by Gasteiger charge is -2.05. The molecule has 0 aliphatic rings. The minimum absolute atomic E-state index is 0.0172. The summed E-state index contributed by atoms with van der Waals surface area (Å²) in [7, 11) is 0. The van der Waals surface area contributed by atoms with Crippen LogP contribution < -0.4 is 5.32 Å². The van der Waals surface area contributed by atoms with E-state index in [1.807, 2.05) is 5.38 Å². The van der Waals surface area contributed by atoms with E-state index < -0.39 is 0 Å². The molecule has 0 radical (unpaired) electrons. The Bertz CT molecular complexity index is 594. The van der Waals surface area contributed by atoms with Crippen LogP contribution in [0.4, 0.5) is 0 Å². The molecule has 0 saturated carbocycles. The Kier molecular flexibility index (Phi) is 6.13. The highest BCUT2D eigenvalue weighted by Gasteiger charge is 2.13. The van der Waals surface area contributed by atoms with E-state index in [-0.39, 0.29) is 5.91 Å². The molecule has 8 heteroatoms. The van der Waals surface area contributed by atoms with E-state index in [0.717, 1.165) is 26.4 Å². The van der Waals surface area contributed by atoms with Crippen molar-refractivity contribution in [3.63, 3.8) is 0 Å². The molecule has 2 rings (SSSR count). The molecule has 0 aliphatic heterocycles. The van der Waals surface area contributed by atoms with Crippen LogP contribution in [0.5, 0.6) is 0 Å². The van der Waals surface area contributed by atoms with Gasteiger partial charge in [0.2, 0.25) is 5.91 Å². The van der Waals surface area contributed by atoms with Crippen LogP contribution >= 0.6 is 34.6 Å². The number of amides is 1. The summed E-state index contributed by atoms with van der Waals surface area (Å²) in [6.45, 7) is 6.73. The Morgan fingerprint density at radius 1 is 1.48 bits per heavy atom. The molecule has 21 heavy (non-hydrogen) atoms. The van der Waals surface area contributed by atoms with Gasteiger partial charge in [-0.2, -0.15) is 0 Å². The lowest BCUT2D eigenvalue weighted by molar-refractivity contribution is -0.120. The zero-order valence-electron chi connectivity index (χ0n) is 12.3. The predicted molar refractivity (Wildman–Crippen MR) is 88.1 cm³/mol. The summed E-state index contributed by atoms with van der Waals surface area (Å²) < 4.78 is 4.98. The molecule has 5 nitrogen and oxygen atoms in total. The third kappa shape index (κ3) is 4.76. The summed E-state index contributed by atoms with van der Waals surface area (Å²) in [5.74, 6) is 1.30. The average Bonchev–Trinajstić information content (AvgIpc) is 3.06. The fraction of sp³-hybridized carbons (Fsp3) is 0.538. The van der Waals surface area contributed by atoms with Crippen LogP contribution in [0.1, 0.15) is 43.0 Å². The van der Waals surface area contributed by atoms with Crippen molar-refractivity contribution in [1.29, 1.82) is 0 Å². The molecule has 114 valence electrons. The summed E-state index contributed by atoms with van der Waals surface area (Å²) in [6, 6.07) is 0. The molecule has 0 spiro atoms. The Morgan fingerprint density at radius 2 is 2.29 bits per heavy atom. The first kappa shape index (κ1) is 16.4. The van der Waals surface area contributed by atoms with Gasteiger partial charge in [0.1, 0.15) is 4.34 Å². The van der Waals surface area contributed by atoms with Gasteiger partial charge in [-0.1, -0.05) is 37.0 Å². The Balaban J connectivity index is 1.85. The Hall–Kier alpha value is -0.990. The maximum absolute atomic E-state index is 12.0. The number of thioether (sulfide) groups is 1. The van der Waals surface area contributed by atoms with Crippen LogP contribution in [0.3, 0.4) is 0 Å². The molecule has 2 aromatic rings. The number of hydrogen-bond acceptors (Lipinski definition) is 7. The normalized spacial score (nSPS) is 11.0. The first-order valence-corrected chi connectivity index (χ1v) is 9.39. The van der Waals surface area contributed by atoms with Crippen LogP contribution in [0.15, 0.2) is 9.72 Å². The molecule has 0 aromatic carbocycles. The largest absolute Gasteiger partial charge is 0.351 e.